The molecule has 0 saturated heterocycles. The van der Waals surface area contributed by atoms with Gasteiger partial charge in [-0.2, -0.15) is 0 Å². The summed E-state index contributed by atoms with van der Waals surface area (Å²) >= 11 is 0. The highest BCUT2D eigenvalue weighted by Gasteiger charge is 2.39. The van der Waals surface area contributed by atoms with Gasteiger partial charge in [-0.15, -0.1) is 0 Å². The highest BCUT2D eigenvalue weighted by molar-refractivity contribution is 6.87. The molecule has 0 spiro atoms. The van der Waals surface area contributed by atoms with Crippen LogP contribution in [0.2, 0.25) is 51.4 Å². The fraction of sp³-hybridized carbons (Fsp3) is 0.460. The third-order valence-corrected chi connectivity index (χ3v) is 31.7. The van der Waals surface area contributed by atoms with Gasteiger partial charge < -0.3 is 74.5 Å². The van der Waals surface area contributed by atoms with Gasteiger partial charge in [0.25, 0.3) is 0 Å². The van der Waals surface area contributed by atoms with Gasteiger partial charge in [0, 0.05) is 24.3 Å². The highest BCUT2D eigenvalue weighted by atomic mass is 28.5. The molecule has 0 saturated carbocycles. The topological polar surface area (TPSA) is 318 Å². The highest BCUT2D eigenvalue weighted by Crippen LogP contribution is 2.33. The Bertz CT molecular complexity index is 4200. The Hall–Kier alpha value is -11.2. The quantitative estimate of drug-likeness (QED) is 0.00855. The predicted octanol–water partition coefficient (Wildman–Crippen LogP) is 22.1. The number of rotatable bonds is 68. The summed E-state index contributed by atoms with van der Waals surface area (Å²) in [6, 6.07) is 36.2. The average molecular weight is 1830 g/mol. The van der Waals surface area contributed by atoms with Crippen LogP contribution in [0.4, 0.5) is 0 Å². The second-order valence-electron chi connectivity index (χ2n) is 32.6. The van der Waals surface area contributed by atoms with Crippen molar-refractivity contribution in [3.8, 4) is 46.0 Å². The second kappa shape index (κ2) is 60.5. The van der Waals surface area contributed by atoms with Crippen molar-refractivity contribution in [2.45, 2.75) is 231 Å². The number of esters is 10. The van der Waals surface area contributed by atoms with E-state index in [4.69, 9.17) is 74.5 Å². The molecular weight excluding hydrogens is 1700 g/mol. The van der Waals surface area contributed by atoms with Crippen LogP contribution in [0.25, 0.3) is 0 Å². The molecule has 0 radical (unpaired) electrons. The van der Waals surface area contributed by atoms with E-state index < -0.39 is 84.9 Å². The SMILES string of the molecule is C=CC(=O)OCCCCCCOc1ccc(C(=O)Oc2ccc(OC(=O)c3ccc(OCCCCCCOC(=O)C=C)cc3)c(C(=O)OCCCCCCCC[Si](C)(C)O[Si](C)(C)O[Si](C)(C)CCCCCCCCOC(=O)c3cc(OC(=O)c4ccc(OCCCCCCOC(=O)C=C)cc4)ccc3OC(=O)c3ccc(OCCCCCCOC(=O)C=C)cc3)c2)cc1. The fourth-order valence-corrected chi connectivity index (χ4v) is 27.8. The van der Waals surface area contributed by atoms with Gasteiger partial charge in [0.15, 0.2) is 16.6 Å². The molecule has 0 aliphatic heterocycles. The van der Waals surface area contributed by atoms with Crippen molar-refractivity contribution in [2.75, 3.05) is 66.1 Å². The van der Waals surface area contributed by atoms with Crippen LogP contribution in [-0.4, -0.2) is 151 Å². The minimum Gasteiger partial charge on any atom is -0.494 e. The van der Waals surface area contributed by atoms with Crippen molar-refractivity contribution in [3.05, 3.63) is 217 Å². The Balaban J connectivity index is 0.905. The van der Waals surface area contributed by atoms with Crippen molar-refractivity contribution >= 4 is 84.9 Å². The first-order valence-corrected chi connectivity index (χ1v) is 54.2. The van der Waals surface area contributed by atoms with Gasteiger partial charge in [-0.1, -0.05) is 90.5 Å². The van der Waals surface area contributed by atoms with Crippen LogP contribution in [0.1, 0.15) is 242 Å². The maximum absolute atomic E-state index is 13.9. The number of ether oxygens (including phenoxy) is 14. The van der Waals surface area contributed by atoms with Crippen LogP contribution < -0.4 is 37.9 Å². The van der Waals surface area contributed by atoms with E-state index in [0.717, 1.165) is 203 Å². The van der Waals surface area contributed by atoms with Crippen molar-refractivity contribution in [1.29, 1.82) is 0 Å². The number of benzene rings is 6. The van der Waals surface area contributed by atoms with Crippen molar-refractivity contribution in [2.24, 2.45) is 0 Å². The number of carbonyl (C=O) groups is 10. The van der Waals surface area contributed by atoms with Crippen LogP contribution >= 0.6 is 0 Å². The molecule has 0 amide bonds. The van der Waals surface area contributed by atoms with Gasteiger partial charge in [-0.25, -0.2) is 47.9 Å². The zero-order chi connectivity index (χ0) is 93.3. The van der Waals surface area contributed by atoms with E-state index in [9.17, 15) is 47.9 Å². The predicted molar refractivity (Wildman–Crippen MR) is 499 cm³/mol. The number of unbranched alkanes of at least 4 members (excludes halogenated alkanes) is 22. The van der Waals surface area contributed by atoms with E-state index in [0.29, 0.717) is 88.7 Å². The summed E-state index contributed by atoms with van der Waals surface area (Å²) in [5.74, 6) is -3.98. The van der Waals surface area contributed by atoms with Crippen LogP contribution in [0.3, 0.4) is 0 Å². The third-order valence-electron chi connectivity index (χ3n) is 20.3. The van der Waals surface area contributed by atoms with E-state index in [1.54, 1.807) is 97.1 Å². The summed E-state index contributed by atoms with van der Waals surface area (Å²) in [6.45, 7) is 30.4. The Morgan fingerprint density at radius 3 is 0.698 bits per heavy atom. The number of hydrogen-bond donors (Lipinski definition) is 0. The first-order chi connectivity index (χ1) is 62.2. The van der Waals surface area contributed by atoms with Crippen LogP contribution in [0.15, 0.2) is 184 Å². The Labute approximate surface area is 763 Å². The van der Waals surface area contributed by atoms with Gasteiger partial charge >= 0.3 is 68.3 Å². The summed E-state index contributed by atoms with van der Waals surface area (Å²) in [7, 11) is -6.67. The second-order valence-corrected chi connectivity index (χ2v) is 45.1. The molecule has 6 aromatic carbocycles. The monoisotopic (exact) mass is 1830 g/mol. The zero-order valence-corrected chi connectivity index (χ0v) is 79.2. The van der Waals surface area contributed by atoms with Crippen molar-refractivity contribution in [1.82, 2.24) is 0 Å². The minimum absolute atomic E-state index is 0.0289. The first kappa shape index (κ1) is 107. The summed E-state index contributed by atoms with van der Waals surface area (Å²) < 4.78 is 92.2. The van der Waals surface area contributed by atoms with E-state index in [-0.39, 0.29) is 69.6 Å². The van der Waals surface area contributed by atoms with Gasteiger partial charge in [-0.05, 0) is 300 Å². The summed E-state index contributed by atoms with van der Waals surface area (Å²) in [5.41, 5.74) is 0.674. The van der Waals surface area contributed by atoms with Crippen LogP contribution in [0, 0.1) is 0 Å². The van der Waals surface area contributed by atoms with Gasteiger partial charge in [0.2, 0.25) is 0 Å². The molecule has 0 N–H and O–H groups in total. The maximum Gasteiger partial charge on any atom is 0.343 e. The van der Waals surface area contributed by atoms with Crippen molar-refractivity contribution in [3.63, 3.8) is 0 Å². The van der Waals surface area contributed by atoms with E-state index >= 15 is 0 Å². The molecule has 0 fully saturated rings. The third kappa shape index (κ3) is 45.0. The molecule has 26 nitrogen and oxygen atoms in total. The Morgan fingerprint density at radius 1 is 0.240 bits per heavy atom. The molecular formula is C100H132O26Si3. The molecule has 0 atom stereocenters. The van der Waals surface area contributed by atoms with Gasteiger partial charge in [-0.3, -0.25) is 0 Å². The summed E-state index contributed by atoms with van der Waals surface area (Å²) in [5, 5.41) is 0. The lowest BCUT2D eigenvalue weighted by Gasteiger charge is -2.39. The van der Waals surface area contributed by atoms with E-state index in [1.807, 2.05) is 0 Å². The molecule has 6 aromatic rings. The largest absolute Gasteiger partial charge is 0.494 e. The lowest BCUT2D eigenvalue weighted by molar-refractivity contribution is -0.138. The van der Waals surface area contributed by atoms with E-state index in [2.05, 4.69) is 65.6 Å². The minimum atomic E-state index is -2.48. The molecule has 0 aliphatic rings. The molecule has 0 heterocycles. The Morgan fingerprint density at radius 2 is 0.450 bits per heavy atom. The van der Waals surface area contributed by atoms with Crippen LogP contribution in [0.5, 0.6) is 46.0 Å². The van der Waals surface area contributed by atoms with Crippen LogP contribution in [-0.2, 0) is 55.8 Å². The smallest absolute Gasteiger partial charge is 0.343 e. The molecule has 0 unspecified atom stereocenters. The first-order valence-electron chi connectivity index (χ1n) is 45.2. The average Bonchev–Trinajstić information content (AvgIpc) is 0.823. The molecule has 29 heteroatoms. The standard InChI is InChI=1S/C100H132O26Si3/c1-11-91(101)115-67-35-25-21-31-63-111-81-51-43-77(44-52-81)95(105)121-85-59-61-89(123-97(107)79-47-55-83(56-48-79)113-65-33-23-27-37-69-117-93(103)13-3)87(75-85)99(109)119-71-39-19-15-17-29-41-73-127(5,6)125-129(9,10)126-128(7,8)74-42-30-18-16-20-40-72-120-100(110)88-76-86(122-96(106)78-45-53-82(54-46-78)112-64-32-22-26-36-68-116-92(102)12-2)60-62-90(88)124-98(108)80-49-57-84(58-50-80)114-66-34-24-28-38-70-118-94(104)14-4/h11-14,43-62,75-76H,1-4,15-42,63-74H2,5-10H3. The molecule has 700 valence electrons. The van der Waals surface area contributed by atoms with Gasteiger partial charge in [0.05, 0.1) is 88.3 Å². The molecule has 0 aromatic heterocycles. The maximum atomic E-state index is 13.9. The fourth-order valence-electron chi connectivity index (χ4n) is 13.6. The van der Waals surface area contributed by atoms with Crippen molar-refractivity contribution < 1.29 is 122 Å². The molecule has 6 rings (SSSR count). The molecule has 0 aliphatic carbocycles. The molecule has 0 bridgehead atoms. The molecule has 129 heavy (non-hydrogen) atoms. The summed E-state index contributed by atoms with van der Waals surface area (Å²) in [4.78, 5) is 127. The number of hydrogen-bond acceptors (Lipinski definition) is 26. The zero-order valence-electron chi connectivity index (χ0n) is 76.2. The normalized spacial score (nSPS) is 11.2. The number of carbonyl (C=O) groups excluding carboxylic acids is 10. The Kier molecular flexibility index (Phi) is 50.0. The van der Waals surface area contributed by atoms with E-state index in [1.165, 1.54) is 36.4 Å². The summed E-state index contributed by atoms with van der Waals surface area (Å²) in [6.07, 6.45) is 28.4. The lowest BCUT2D eigenvalue weighted by atomic mass is 10.1. The lowest BCUT2D eigenvalue weighted by Crippen LogP contribution is -2.52. The van der Waals surface area contributed by atoms with Gasteiger partial charge in [0.1, 0.15) is 57.1 Å².